The number of fused-ring (bicyclic) bond motifs is 2. The lowest BCUT2D eigenvalue weighted by molar-refractivity contribution is -0.117. The number of halogens is 1. The van der Waals surface area contributed by atoms with E-state index in [-0.39, 0.29) is 18.1 Å². The van der Waals surface area contributed by atoms with Crippen LogP contribution in [0.5, 0.6) is 0 Å². The number of amides is 1. The Kier molecular flexibility index (Phi) is 4.43. The van der Waals surface area contributed by atoms with Crippen LogP contribution in [0.1, 0.15) is 35.8 Å². The first-order valence-electron chi connectivity index (χ1n) is 11.2. The van der Waals surface area contributed by atoms with Gasteiger partial charge in [0.15, 0.2) is 0 Å². The monoisotopic (exact) mass is 442 g/mol. The number of benzene rings is 1. The molecular formula is C25H23FN6O. The molecule has 0 radical (unpaired) electrons. The average Bonchev–Trinajstić information content (AvgIpc) is 3.41. The summed E-state index contributed by atoms with van der Waals surface area (Å²) in [5, 5.41) is 0.680. The van der Waals surface area contributed by atoms with Crippen molar-refractivity contribution in [1.29, 1.82) is 0 Å². The summed E-state index contributed by atoms with van der Waals surface area (Å²) in [6, 6.07) is 9.58. The lowest BCUT2D eigenvalue weighted by Gasteiger charge is -2.18. The van der Waals surface area contributed by atoms with Gasteiger partial charge in [-0.3, -0.25) is 9.78 Å². The maximum absolute atomic E-state index is 15.8. The van der Waals surface area contributed by atoms with Crippen molar-refractivity contribution in [2.75, 3.05) is 17.2 Å². The van der Waals surface area contributed by atoms with Crippen LogP contribution < -0.4 is 10.6 Å². The molecule has 33 heavy (non-hydrogen) atoms. The number of carbonyl (C=O) groups excluding carboxylic acids is 1. The minimum Gasteiger partial charge on any atom is -0.383 e. The van der Waals surface area contributed by atoms with Crippen LogP contribution in [0.15, 0.2) is 42.9 Å². The highest BCUT2D eigenvalue weighted by Gasteiger charge is 2.31. The number of pyridine rings is 1. The first-order chi connectivity index (χ1) is 16.0. The van der Waals surface area contributed by atoms with E-state index in [4.69, 9.17) is 5.73 Å². The average molecular weight is 442 g/mol. The molecule has 4 heterocycles. The fraction of sp³-hybridized carbons (Fsp3) is 0.280. The topological polar surface area (TPSA) is 89.9 Å². The zero-order chi connectivity index (χ0) is 22.7. The van der Waals surface area contributed by atoms with E-state index in [2.05, 4.69) is 19.5 Å². The summed E-state index contributed by atoms with van der Waals surface area (Å²) >= 11 is 0. The van der Waals surface area contributed by atoms with Crippen molar-refractivity contribution >= 4 is 28.4 Å². The van der Waals surface area contributed by atoms with E-state index in [1.807, 2.05) is 37.4 Å². The third kappa shape index (κ3) is 3.25. The van der Waals surface area contributed by atoms with Crippen LogP contribution in [0.3, 0.4) is 0 Å². The smallest absolute Gasteiger partial charge is 0.233 e. The normalized spacial score (nSPS) is 15.3. The highest BCUT2D eigenvalue weighted by Crippen LogP contribution is 2.44. The number of nitrogen functional groups attached to an aromatic ring is 1. The molecule has 1 aliphatic carbocycles. The Hall–Kier alpha value is -3.81. The molecule has 0 bridgehead atoms. The van der Waals surface area contributed by atoms with Crippen molar-refractivity contribution in [3.63, 3.8) is 0 Å². The molecule has 2 N–H and O–H groups in total. The van der Waals surface area contributed by atoms with Crippen LogP contribution in [0.4, 0.5) is 15.9 Å². The van der Waals surface area contributed by atoms with E-state index < -0.39 is 0 Å². The summed E-state index contributed by atoms with van der Waals surface area (Å²) in [6.07, 6.45) is 6.20. The van der Waals surface area contributed by atoms with E-state index in [0.29, 0.717) is 58.3 Å². The summed E-state index contributed by atoms with van der Waals surface area (Å²) in [5.74, 6) is -0.0479. The molecular weight excluding hydrogens is 419 g/mol. The molecule has 0 saturated heterocycles. The Bertz CT molecular complexity index is 1420. The second kappa shape index (κ2) is 7.37. The maximum atomic E-state index is 15.8. The summed E-state index contributed by atoms with van der Waals surface area (Å²) < 4.78 is 17.9. The zero-order valence-corrected chi connectivity index (χ0v) is 18.3. The van der Waals surface area contributed by atoms with Crippen LogP contribution in [0.25, 0.3) is 22.2 Å². The Morgan fingerprint density at radius 2 is 2.03 bits per heavy atom. The molecule has 0 atom stereocenters. The van der Waals surface area contributed by atoms with Crippen LogP contribution in [-0.4, -0.2) is 32.0 Å². The Morgan fingerprint density at radius 3 is 2.82 bits per heavy atom. The number of aryl methyl sites for hydroxylation is 1. The van der Waals surface area contributed by atoms with Crippen molar-refractivity contribution in [3.8, 4) is 11.1 Å². The van der Waals surface area contributed by atoms with Gasteiger partial charge in [0, 0.05) is 52.5 Å². The number of anilines is 2. The predicted molar refractivity (Wildman–Crippen MR) is 124 cm³/mol. The van der Waals surface area contributed by atoms with Gasteiger partial charge in [-0.2, -0.15) is 0 Å². The van der Waals surface area contributed by atoms with Gasteiger partial charge in [-0.25, -0.2) is 14.4 Å². The SMILES string of the molecule is Cc1cccc(CC(=O)N2CCc3c2ccc(-c2cn(C4CC4)c4ncnc(N)c24)c3F)n1. The molecule has 1 aliphatic heterocycles. The fourth-order valence-electron chi connectivity index (χ4n) is 4.80. The first-order valence-corrected chi connectivity index (χ1v) is 11.2. The number of nitrogens with zero attached hydrogens (tertiary/aromatic N) is 5. The molecule has 7 nitrogen and oxygen atoms in total. The molecule has 4 aromatic rings. The molecule has 0 spiro atoms. The van der Waals surface area contributed by atoms with Crippen molar-refractivity contribution in [1.82, 2.24) is 19.5 Å². The number of hydrogen-bond acceptors (Lipinski definition) is 5. The zero-order valence-electron chi connectivity index (χ0n) is 18.3. The highest BCUT2D eigenvalue weighted by atomic mass is 19.1. The lowest BCUT2D eigenvalue weighted by Crippen LogP contribution is -2.30. The second-order valence-corrected chi connectivity index (χ2v) is 8.81. The van der Waals surface area contributed by atoms with Gasteiger partial charge in [-0.15, -0.1) is 0 Å². The molecule has 2 aliphatic rings. The molecule has 1 aromatic carbocycles. The Balaban J connectivity index is 1.38. The van der Waals surface area contributed by atoms with Crippen LogP contribution in [0, 0.1) is 12.7 Å². The third-order valence-electron chi connectivity index (χ3n) is 6.54. The molecule has 166 valence electrons. The van der Waals surface area contributed by atoms with Gasteiger partial charge in [-0.1, -0.05) is 6.07 Å². The Morgan fingerprint density at radius 1 is 1.18 bits per heavy atom. The highest BCUT2D eigenvalue weighted by molar-refractivity contribution is 6.02. The van der Waals surface area contributed by atoms with Crippen LogP contribution in [0.2, 0.25) is 0 Å². The molecule has 1 amide bonds. The number of carbonyl (C=O) groups is 1. The number of hydrogen-bond donors (Lipinski definition) is 1. The minimum absolute atomic E-state index is 0.0815. The van der Waals surface area contributed by atoms with Crippen molar-refractivity contribution in [3.05, 3.63) is 65.6 Å². The third-order valence-corrected chi connectivity index (χ3v) is 6.54. The molecule has 0 unspecified atom stereocenters. The van der Waals surface area contributed by atoms with Gasteiger partial charge in [-0.05, 0) is 50.5 Å². The van der Waals surface area contributed by atoms with Crippen LogP contribution >= 0.6 is 0 Å². The van der Waals surface area contributed by atoms with Gasteiger partial charge in [0.05, 0.1) is 11.8 Å². The maximum Gasteiger partial charge on any atom is 0.233 e. The predicted octanol–water partition coefficient (Wildman–Crippen LogP) is 3.99. The standard InChI is InChI=1S/C25H23FN6O/c1-14-3-2-4-15(30-14)11-21(33)31-10-9-18-20(31)8-7-17(23(18)26)19-12-32(16-5-6-16)25-22(19)24(27)28-13-29-25/h2-4,7-8,12-13,16H,5-6,9-11H2,1H3,(H2,27,28,29). The largest absolute Gasteiger partial charge is 0.383 e. The molecule has 3 aromatic heterocycles. The van der Waals surface area contributed by atoms with Gasteiger partial charge in [0.25, 0.3) is 0 Å². The second-order valence-electron chi connectivity index (χ2n) is 8.81. The first kappa shape index (κ1) is 19.8. The number of aromatic nitrogens is 4. The van der Waals surface area contributed by atoms with Crippen molar-refractivity contribution in [2.45, 2.75) is 38.6 Å². The van der Waals surface area contributed by atoms with Gasteiger partial charge < -0.3 is 15.2 Å². The quantitative estimate of drug-likeness (QED) is 0.516. The Labute approximate surface area is 190 Å². The minimum atomic E-state index is -0.311. The number of nitrogens with two attached hydrogens (primary N) is 1. The van der Waals surface area contributed by atoms with E-state index in [0.717, 1.165) is 24.2 Å². The van der Waals surface area contributed by atoms with Gasteiger partial charge in [0.1, 0.15) is 23.6 Å². The van der Waals surface area contributed by atoms with Crippen molar-refractivity contribution in [2.24, 2.45) is 0 Å². The molecule has 6 rings (SSSR count). The van der Waals surface area contributed by atoms with E-state index in [1.165, 1.54) is 6.33 Å². The summed E-state index contributed by atoms with van der Waals surface area (Å²) in [5.41, 5.74) is 10.9. The fourth-order valence-corrected chi connectivity index (χ4v) is 4.80. The lowest BCUT2D eigenvalue weighted by atomic mass is 10.0. The van der Waals surface area contributed by atoms with E-state index >= 15 is 4.39 Å². The van der Waals surface area contributed by atoms with Gasteiger partial charge in [0.2, 0.25) is 5.91 Å². The molecule has 1 fully saturated rings. The van der Waals surface area contributed by atoms with Crippen LogP contribution in [-0.2, 0) is 17.6 Å². The van der Waals surface area contributed by atoms with Gasteiger partial charge >= 0.3 is 0 Å². The van der Waals surface area contributed by atoms with E-state index in [9.17, 15) is 4.79 Å². The molecule has 1 saturated carbocycles. The summed E-state index contributed by atoms with van der Waals surface area (Å²) in [6.45, 7) is 2.35. The summed E-state index contributed by atoms with van der Waals surface area (Å²) in [7, 11) is 0. The number of rotatable bonds is 4. The summed E-state index contributed by atoms with van der Waals surface area (Å²) in [4.78, 5) is 27.6. The van der Waals surface area contributed by atoms with Crippen molar-refractivity contribution < 1.29 is 9.18 Å². The van der Waals surface area contributed by atoms with E-state index in [1.54, 1.807) is 11.0 Å². The molecule has 8 heteroatoms.